The number of amides is 1. The average molecular weight is 270 g/mol. The van der Waals surface area contributed by atoms with Gasteiger partial charge in [0.05, 0.1) is 4.92 Å². The predicted octanol–water partition coefficient (Wildman–Crippen LogP) is 0.113. The van der Waals surface area contributed by atoms with Crippen LogP contribution in [0.4, 0.5) is 5.69 Å². The molecule has 1 N–H and O–H groups in total. The van der Waals surface area contributed by atoms with Crippen molar-refractivity contribution in [3.8, 4) is 0 Å². The Morgan fingerprint density at radius 2 is 2.26 bits per heavy atom. The van der Waals surface area contributed by atoms with Gasteiger partial charge in [-0.05, 0) is 6.42 Å². The lowest BCUT2D eigenvalue weighted by atomic mass is 10.2. The molecule has 1 aromatic rings. The number of carboxylic acid groups (broad SMARTS) is 1. The zero-order valence-corrected chi connectivity index (χ0v) is 10.5. The van der Waals surface area contributed by atoms with Crippen molar-refractivity contribution in [3.05, 3.63) is 22.5 Å². The third-order valence-electron chi connectivity index (χ3n) is 2.66. The summed E-state index contributed by atoms with van der Waals surface area (Å²) in [4.78, 5) is 33.7. The maximum atomic E-state index is 11.8. The maximum absolute atomic E-state index is 11.8. The van der Waals surface area contributed by atoms with Crippen molar-refractivity contribution in [1.29, 1.82) is 0 Å². The standard InChI is InChI=1S/C10H14N4O5/c1-3-8(10(16)17)12(2)9(15)6-13-5-7(4-11-13)14(18)19/h4-5,8H,3,6H2,1-2H3,(H,16,17). The van der Waals surface area contributed by atoms with Gasteiger partial charge < -0.3 is 10.0 Å². The van der Waals surface area contributed by atoms with Crippen LogP contribution in [-0.2, 0) is 16.1 Å². The number of aliphatic carboxylic acids is 1. The Kier molecular flexibility index (Phi) is 4.56. The topological polar surface area (TPSA) is 119 Å². The Hall–Kier alpha value is -2.45. The zero-order valence-electron chi connectivity index (χ0n) is 10.5. The zero-order chi connectivity index (χ0) is 14.6. The molecule has 1 amide bonds. The lowest BCUT2D eigenvalue weighted by Crippen LogP contribution is -2.43. The summed E-state index contributed by atoms with van der Waals surface area (Å²) in [6, 6.07) is -0.918. The Morgan fingerprint density at radius 1 is 1.63 bits per heavy atom. The molecule has 1 aromatic heterocycles. The number of nitrogens with zero attached hydrogens (tertiary/aromatic N) is 4. The van der Waals surface area contributed by atoms with E-state index in [9.17, 15) is 19.7 Å². The molecule has 0 spiro atoms. The summed E-state index contributed by atoms with van der Waals surface area (Å²) < 4.78 is 1.10. The molecule has 0 aliphatic heterocycles. The first-order chi connectivity index (χ1) is 8.86. The molecule has 0 bridgehead atoms. The van der Waals surface area contributed by atoms with Crippen molar-refractivity contribution in [2.24, 2.45) is 0 Å². The number of aromatic nitrogens is 2. The van der Waals surface area contributed by atoms with Crippen molar-refractivity contribution >= 4 is 17.6 Å². The number of hydrogen-bond acceptors (Lipinski definition) is 5. The maximum Gasteiger partial charge on any atom is 0.326 e. The van der Waals surface area contributed by atoms with E-state index in [1.807, 2.05) is 0 Å². The van der Waals surface area contributed by atoms with Gasteiger partial charge in [0.2, 0.25) is 5.91 Å². The van der Waals surface area contributed by atoms with E-state index in [1.54, 1.807) is 6.92 Å². The first-order valence-corrected chi connectivity index (χ1v) is 5.52. The Morgan fingerprint density at radius 3 is 2.68 bits per heavy atom. The molecule has 1 heterocycles. The molecule has 1 atom stereocenters. The lowest BCUT2D eigenvalue weighted by Gasteiger charge is -2.23. The molecule has 0 saturated carbocycles. The highest BCUT2D eigenvalue weighted by Gasteiger charge is 2.25. The van der Waals surface area contributed by atoms with Crippen LogP contribution in [0.5, 0.6) is 0 Å². The number of carboxylic acids is 1. The molecule has 0 radical (unpaired) electrons. The number of rotatable bonds is 6. The van der Waals surface area contributed by atoms with Crippen LogP contribution >= 0.6 is 0 Å². The van der Waals surface area contributed by atoms with E-state index in [4.69, 9.17) is 5.11 Å². The highest BCUT2D eigenvalue weighted by Crippen LogP contribution is 2.09. The minimum atomic E-state index is -1.09. The van der Waals surface area contributed by atoms with Gasteiger partial charge in [-0.2, -0.15) is 5.10 Å². The summed E-state index contributed by atoms with van der Waals surface area (Å²) in [7, 11) is 1.38. The Labute approximate surface area is 108 Å². The van der Waals surface area contributed by atoms with E-state index in [0.29, 0.717) is 0 Å². The molecule has 0 fully saturated rings. The van der Waals surface area contributed by atoms with Crippen LogP contribution in [-0.4, -0.2) is 49.7 Å². The van der Waals surface area contributed by atoms with Gasteiger partial charge in [0.1, 0.15) is 25.0 Å². The minimum absolute atomic E-state index is 0.222. The lowest BCUT2D eigenvalue weighted by molar-refractivity contribution is -0.385. The van der Waals surface area contributed by atoms with Crippen LogP contribution in [0.3, 0.4) is 0 Å². The summed E-state index contributed by atoms with van der Waals surface area (Å²) in [6.45, 7) is 1.41. The average Bonchev–Trinajstić information content (AvgIpc) is 2.77. The smallest absolute Gasteiger partial charge is 0.326 e. The molecule has 1 unspecified atom stereocenters. The highest BCUT2D eigenvalue weighted by molar-refractivity contribution is 5.83. The van der Waals surface area contributed by atoms with Gasteiger partial charge >= 0.3 is 11.7 Å². The molecular weight excluding hydrogens is 256 g/mol. The van der Waals surface area contributed by atoms with Gasteiger partial charge in [-0.25, -0.2) is 4.79 Å². The summed E-state index contributed by atoms with van der Waals surface area (Å²) in [5, 5.41) is 23.1. The quantitative estimate of drug-likeness (QED) is 0.579. The van der Waals surface area contributed by atoms with Crippen molar-refractivity contribution in [2.45, 2.75) is 25.9 Å². The van der Waals surface area contributed by atoms with Gasteiger partial charge in [-0.3, -0.25) is 19.6 Å². The van der Waals surface area contributed by atoms with Gasteiger partial charge in [0.15, 0.2) is 0 Å². The van der Waals surface area contributed by atoms with E-state index in [2.05, 4.69) is 5.10 Å². The fourth-order valence-corrected chi connectivity index (χ4v) is 1.57. The summed E-state index contributed by atoms with van der Waals surface area (Å²) >= 11 is 0. The van der Waals surface area contributed by atoms with E-state index < -0.39 is 22.8 Å². The molecular formula is C10H14N4O5. The number of carbonyl (C=O) groups is 2. The molecule has 0 aliphatic rings. The van der Waals surface area contributed by atoms with Crippen LogP contribution < -0.4 is 0 Å². The van der Waals surface area contributed by atoms with Crippen LogP contribution in [0.15, 0.2) is 12.4 Å². The molecule has 1 rings (SSSR count). The summed E-state index contributed by atoms with van der Waals surface area (Å²) in [6.07, 6.45) is 2.42. The molecule has 9 nitrogen and oxygen atoms in total. The van der Waals surface area contributed by atoms with Crippen molar-refractivity contribution in [2.75, 3.05) is 7.05 Å². The van der Waals surface area contributed by atoms with Crippen molar-refractivity contribution in [1.82, 2.24) is 14.7 Å². The van der Waals surface area contributed by atoms with Crippen LogP contribution in [0.2, 0.25) is 0 Å². The number of likely N-dealkylation sites (N-methyl/N-ethyl adjacent to an activating group) is 1. The number of nitro groups is 1. The van der Waals surface area contributed by atoms with E-state index in [-0.39, 0.29) is 18.7 Å². The fourth-order valence-electron chi connectivity index (χ4n) is 1.57. The third-order valence-corrected chi connectivity index (χ3v) is 2.66. The largest absolute Gasteiger partial charge is 0.480 e. The second-order valence-electron chi connectivity index (χ2n) is 3.92. The normalized spacial score (nSPS) is 11.9. The monoisotopic (exact) mass is 270 g/mol. The van der Waals surface area contributed by atoms with Crippen molar-refractivity contribution in [3.63, 3.8) is 0 Å². The van der Waals surface area contributed by atoms with Gasteiger partial charge in [-0.15, -0.1) is 0 Å². The third kappa shape index (κ3) is 3.50. The molecule has 0 aliphatic carbocycles. The fraction of sp³-hybridized carbons (Fsp3) is 0.500. The molecule has 104 valence electrons. The molecule has 0 saturated heterocycles. The molecule has 19 heavy (non-hydrogen) atoms. The van der Waals surface area contributed by atoms with Crippen molar-refractivity contribution < 1.29 is 19.6 Å². The van der Waals surface area contributed by atoms with E-state index >= 15 is 0 Å². The number of carbonyl (C=O) groups excluding carboxylic acids is 1. The highest BCUT2D eigenvalue weighted by atomic mass is 16.6. The Bertz CT molecular complexity index is 498. The van der Waals surface area contributed by atoms with Gasteiger partial charge in [0, 0.05) is 7.05 Å². The summed E-state index contributed by atoms with van der Waals surface area (Å²) in [5.74, 6) is -1.57. The second kappa shape index (κ2) is 5.94. The summed E-state index contributed by atoms with van der Waals surface area (Å²) in [5.41, 5.74) is -0.222. The van der Waals surface area contributed by atoms with Crippen LogP contribution in [0.1, 0.15) is 13.3 Å². The molecule has 9 heteroatoms. The van der Waals surface area contributed by atoms with Crippen LogP contribution in [0, 0.1) is 10.1 Å². The Balaban J connectivity index is 2.72. The number of hydrogen-bond donors (Lipinski definition) is 1. The minimum Gasteiger partial charge on any atom is -0.480 e. The predicted molar refractivity (Wildman–Crippen MR) is 63.4 cm³/mol. The second-order valence-corrected chi connectivity index (χ2v) is 3.92. The first-order valence-electron chi connectivity index (χ1n) is 5.52. The van der Waals surface area contributed by atoms with Gasteiger partial charge in [-0.1, -0.05) is 6.92 Å². The van der Waals surface area contributed by atoms with Gasteiger partial charge in [0.25, 0.3) is 0 Å². The molecule has 0 aromatic carbocycles. The van der Waals surface area contributed by atoms with Crippen LogP contribution in [0.25, 0.3) is 0 Å². The van der Waals surface area contributed by atoms with E-state index in [1.165, 1.54) is 7.05 Å². The SMILES string of the molecule is CCC(C(=O)O)N(C)C(=O)Cn1cc([N+](=O)[O-])cn1. The first kappa shape index (κ1) is 14.6. The van der Waals surface area contributed by atoms with E-state index in [0.717, 1.165) is 22.0 Å².